The van der Waals surface area contributed by atoms with Gasteiger partial charge in [0.2, 0.25) is 5.56 Å². The van der Waals surface area contributed by atoms with Crippen LogP contribution in [0.25, 0.3) is 0 Å². The minimum atomic E-state index is -0.0317. The second-order valence-electron chi connectivity index (χ2n) is 4.06. The van der Waals surface area contributed by atoms with Crippen LogP contribution in [0.1, 0.15) is 26.3 Å². The molecule has 3 heteroatoms. The van der Waals surface area contributed by atoms with Crippen molar-refractivity contribution >= 4 is 11.8 Å². The van der Waals surface area contributed by atoms with E-state index in [0.29, 0.717) is 0 Å². The summed E-state index contributed by atoms with van der Waals surface area (Å²) in [4.78, 5) is 14.8. The third-order valence-corrected chi connectivity index (χ3v) is 2.77. The Morgan fingerprint density at radius 1 is 1.38 bits per heavy atom. The van der Waals surface area contributed by atoms with E-state index in [1.54, 1.807) is 24.0 Å². The zero-order chi connectivity index (χ0) is 10.1. The van der Waals surface area contributed by atoms with Crippen molar-refractivity contribution in [2.75, 3.05) is 0 Å². The highest BCUT2D eigenvalue weighted by atomic mass is 32.2. The minimum Gasteiger partial charge on any atom is -0.328 e. The fourth-order valence-electron chi connectivity index (χ4n) is 1.000. The summed E-state index contributed by atoms with van der Waals surface area (Å²) in [5.41, 5.74) is 1.01. The molecule has 0 atom stereocenters. The number of H-pyrrole nitrogens is 1. The van der Waals surface area contributed by atoms with Crippen LogP contribution in [0, 0.1) is 6.92 Å². The maximum absolute atomic E-state index is 10.9. The van der Waals surface area contributed by atoms with Crippen LogP contribution in [0.2, 0.25) is 0 Å². The number of thioether (sulfide) groups is 1. The van der Waals surface area contributed by atoms with Crippen LogP contribution in [0.3, 0.4) is 0 Å². The second kappa shape index (κ2) is 3.58. The number of hydrogen-bond donors (Lipinski definition) is 1. The molecule has 13 heavy (non-hydrogen) atoms. The Bertz CT molecular complexity index is 349. The van der Waals surface area contributed by atoms with Crippen LogP contribution in [0.4, 0.5) is 0 Å². The number of aromatic nitrogens is 1. The number of aryl methyl sites for hydroxylation is 1. The summed E-state index contributed by atoms with van der Waals surface area (Å²) in [5.74, 6) is 0. The molecule has 0 saturated carbocycles. The molecule has 0 unspecified atom stereocenters. The van der Waals surface area contributed by atoms with Gasteiger partial charge in [0.05, 0.1) is 0 Å². The normalized spacial score (nSPS) is 11.7. The van der Waals surface area contributed by atoms with Crippen molar-refractivity contribution in [3.05, 3.63) is 28.2 Å². The summed E-state index contributed by atoms with van der Waals surface area (Å²) in [5, 5.41) is 0. The molecular formula is C10H15NOS. The Kier molecular flexibility index (Phi) is 2.86. The lowest BCUT2D eigenvalue weighted by Crippen LogP contribution is -2.10. The molecule has 1 aromatic rings. The second-order valence-corrected chi connectivity index (χ2v) is 5.93. The molecule has 72 valence electrons. The molecule has 1 heterocycles. The highest BCUT2D eigenvalue weighted by Crippen LogP contribution is 2.32. The van der Waals surface area contributed by atoms with E-state index in [2.05, 4.69) is 25.8 Å². The first-order valence-electron chi connectivity index (χ1n) is 4.27. The molecule has 0 fully saturated rings. The van der Waals surface area contributed by atoms with Crippen molar-refractivity contribution < 1.29 is 0 Å². The van der Waals surface area contributed by atoms with Gasteiger partial charge in [0.25, 0.3) is 0 Å². The van der Waals surface area contributed by atoms with E-state index in [9.17, 15) is 4.79 Å². The van der Waals surface area contributed by atoms with Gasteiger partial charge < -0.3 is 4.98 Å². The lowest BCUT2D eigenvalue weighted by Gasteiger charge is -2.18. The molecule has 1 N–H and O–H groups in total. The van der Waals surface area contributed by atoms with Crippen molar-refractivity contribution in [2.45, 2.75) is 37.3 Å². The van der Waals surface area contributed by atoms with Crippen LogP contribution in [-0.2, 0) is 0 Å². The van der Waals surface area contributed by atoms with E-state index >= 15 is 0 Å². The van der Waals surface area contributed by atoms with Gasteiger partial charge in [0.15, 0.2) is 0 Å². The fourth-order valence-corrected chi connectivity index (χ4v) is 2.00. The Balaban J connectivity index is 2.97. The summed E-state index contributed by atoms with van der Waals surface area (Å²) in [6.07, 6.45) is 1.79. The van der Waals surface area contributed by atoms with Gasteiger partial charge in [0.1, 0.15) is 0 Å². The van der Waals surface area contributed by atoms with Crippen molar-refractivity contribution in [1.29, 1.82) is 0 Å². The quantitative estimate of drug-likeness (QED) is 0.702. The molecule has 1 rings (SSSR count). The largest absolute Gasteiger partial charge is 0.328 e. The average Bonchev–Trinajstić information content (AvgIpc) is 1.93. The van der Waals surface area contributed by atoms with Gasteiger partial charge in [0, 0.05) is 21.9 Å². The third kappa shape index (κ3) is 3.27. The SMILES string of the molecule is Cc1cc(=O)[nH]cc1SC(C)(C)C. The van der Waals surface area contributed by atoms with Crippen LogP contribution in [0.5, 0.6) is 0 Å². The Morgan fingerprint density at radius 3 is 2.46 bits per heavy atom. The van der Waals surface area contributed by atoms with Gasteiger partial charge in [-0.3, -0.25) is 4.79 Å². The van der Waals surface area contributed by atoms with Gasteiger partial charge in [-0.2, -0.15) is 0 Å². The number of aromatic amines is 1. The highest BCUT2D eigenvalue weighted by molar-refractivity contribution is 8.00. The van der Waals surface area contributed by atoms with Crippen molar-refractivity contribution in [1.82, 2.24) is 4.98 Å². The van der Waals surface area contributed by atoms with Gasteiger partial charge in [-0.15, -0.1) is 11.8 Å². The first-order chi connectivity index (χ1) is 5.88. The van der Waals surface area contributed by atoms with Gasteiger partial charge in [-0.1, -0.05) is 20.8 Å². The molecule has 2 nitrogen and oxygen atoms in total. The topological polar surface area (TPSA) is 32.9 Å². The van der Waals surface area contributed by atoms with E-state index < -0.39 is 0 Å². The molecule has 1 aromatic heterocycles. The molecular weight excluding hydrogens is 182 g/mol. The predicted octanol–water partition coefficient (Wildman–Crippen LogP) is 2.57. The predicted molar refractivity (Wildman–Crippen MR) is 57.4 cm³/mol. The zero-order valence-electron chi connectivity index (χ0n) is 8.47. The van der Waals surface area contributed by atoms with Crippen molar-refractivity contribution in [2.24, 2.45) is 0 Å². The summed E-state index contributed by atoms with van der Waals surface area (Å²) in [7, 11) is 0. The summed E-state index contributed by atoms with van der Waals surface area (Å²) in [6, 6.07) is 1.63. The average molecular weight is 197 g/mol. The van der Waals surface area contributed by atoms with Crippen LogP contribution in [-0.4, -0.2) is 9.73 Å². The monoisotopic (exact) mass is 197 g/mol. The highest BCUT2D eigenvalue weighted by Gasteiger charge is 2.13. The molecule has 0 aliphatic heterocycles. The maximum atomic E-state index is 10.9. The molecule has 0 bridgehead atoms. The number of pyridine rings is 1. The number of rotatable bonds is 1. The van der Waals surface area contributed by atoms with Crippen LogP contribution >= 0.6 is 11.8 Å². The fraction of sp³-hybridized carbons (Fsp3) is 0.500. The Labute approximate surface area is 82.8 Å². The maximum Gasteiger partial charge on any atom is 0.248 e. The first kappa shape index (κ1) is 10.4. The molecule has 0 amide bonds. The van der Waals surface area contributed by atoms with Gasteiger partial charge in [-0.05, 0) is 12.5 Å². The van der Waals surface area contributed by atoms with E-state index in [4.69, 9.17) is 0 Å². The lowest BCUT2D eigenvalue weighted by atomic mass is 10.3. The zero-order valence-corrected chi connectivity index (χ0v) is 9.29. The third-order valence-electron chi connectivity index (χ3n) is 1.50. The molecule has 0 aromatic carbocycles. The first-order valence-corrected chi connectivity index (χ1v) is 5.08. The standard InChI is InChI=1S/C10H15NOS/c1-7-5-9(12)11-6-8(7)13-10(2,3)4/h5-6H,1-4H3,(H,11,12). The molecule has 0 radical (unpaired) electrons. The van der Waals surface area contributed by atoms with E-state index in [1.807, 2.05) is 6.92 Å². The van der Waals surface area contributed by atoms with Crippen molar-refractivity contribution in [3.8, 4) is 0 Å². The molecule has 0 aliphatic carbocycles. The van der Waals surface area contributed by atoms with Gasteiger partial charge in [-0.25, -0.2) is 0 Å². The minimum absolute atomic E-state index is 0.0317. The van der Waals surface area contributed by atoms with Crippen molar-refractivity contribution in [3.63, 3.8) is 0 Å². The molecule has 0 spiro atoms. The Hall–Kier alpha value is -0.700. The Morgan fingerprint density at radius 2 is 2.00 bits per heavy atom. The number of hydrogen-bond acceptors (Lipinski definition) is 2. The molecule has 0 aliphatic rings. The summed E-state index contributed by atoms with van der Waals surface area (Å²) < 4.78 is 0.184. The van der Waals surface area contributed by atoms with E-state index in [0.717, 1.165) is 10.5 Å². The summed E-state index contributed by atoms with van der Waals surface area (Å²) in [6.45, 7) is 8.43. The van der Waals surface area contributed by atoms with Crippen LogP contribution in [0.15, 0.2) is 22.0 Å². The van der Waals surface area contributed by atoms with E-state index in [-0.39, 0.29) is 10.3 Å². The smallest absolute Gasteiger partial charge is 0.248 e. The lowest BCUT2D eigenvalue weighted by molar-refractivity contribution is 0.801. The summed E-state index contributed by atoms with van der Waals surface area (Å²) >= 11 is 1.77. The van der Waals surface area contributed by atoms with E-state index in [1.165, 1.54) is 0 Å². The molecule has 0 saturated heterocycles. The van der Waals surface area contributed by atoms with Gasteiger partial charge >= 0.3 is 0 Å². The number of nitrogens with one attached hydrogen (secondary N) is 1. The van der Waals surface area contributed by atoms with Crippen LogP contribution < -0.4 is 5.56 Å².